The zero-order chi connectivity index (χ0) is 51.9. The minimum Gasteiger partial charge on any atom is -0.497 e. The van der Waals surface area contributed by atoms with E-state index < -0.39 is 40.3 Å². The highest BCUT2D eigenvalue weighted by Gasteiger charge is 2.55. The fourth-order valence-corrected chi connectivity index (χ4v) is 12.6. The summed E-state index contributed by atoms with van der Waals surface area (Å²) in [5, 5.41) is 17.2. The molecule has 0 bridgehead atoms. The van der Waals surface area contributed by atoms with Crippen LogP contribution in [0.1, 0.15) is 50.2 Å². The van der Waals surface area contributed by atoms with Gasteiger partial charge in [-0.3, -0.25) is 14.5 Å². The van der Waals surface area contributed by atoms with Gasteiger partial charge in [-0.25, -0.2) is 9.78 Å². The molecule has 0 unspecified atom stereocenters. The van der Waals surface area contributed by atoms with E-state index in [4.69, 9.17) is 24.5 Å². The molecular weight excluding hydrogens is 1010 g/mol. The number of benzene rings is 7. The van der Waals surface area contributed by atoms with E-state index in [0.29, 0.717) is 22.2 Å². The average Bonchev–Trinajstić information content (AvgIpc) is 4.30. The molecule has 11 nitrogen and oxygen atoms in total. The van der Waals surface area contributed by atoms with Crippen LogP contribution in [0.15, 0.2) is 239 Å². The Morgan fingerprint density at radius 3 is 1.67 bits per heavy atom. The lowest BCUT2D eigenvalue weighted by Gasteiger charge is -2.49. The number of hydrogen-bond acceptors (Lipinski definition) is 12. The molecule has 4 heterocycles. The van der Waals surface area contributed by atoms with Crippen molar-refractivity contribution in [3.05, 3.63) is 284 Å². The summed E-state index contributed by atoms with van der Waals surface area (Å²) in [5.41, 5.74) is 5.34. The van der Waals surface area contributed by atoms with E-state index in [1.807, 2.05) is 175 Å². The van der Waals surface area contributed by atoms with Gasteiger partial charge in [0.15, 0.2) is 10.8 Å². The number of nitrogens with zero attached hydrogens (tertiary/aromatic N) is 3. The molecule has 14 heteroatoms. The van der Waals surface area contributed by atoms with E-state index in [2.05, 4.69) is 47.0 Å². The number of rotatable bonds is 18. The molecule has 2 aliphatic heterocycles. The molecule has 2 amide bonds. The maximum absolute atomic E-state index is 15.4. The third-order valence-electron chi connectivity index (χ3n) is 13.5. The van der Waals surface area contributed by atoms with E-state index in [1.54, 1.807) is 24.6 Å². The normalized spacial score (nSPS) is 15.5. The lowest BCUT2D eigenvalue weighted by atomic mass is 9.77. The second-order valence-electron chi connectivity index (χ2n) is 17.9. The molecule has 7 aromatic carbocycles. The van der Waals surface area contributed by atoms with Crippen LogP contribution >= 0.6 is 34.4 Å². The number of hydrogen-bond donors (Lipinski definition) is 2. The van der Waals surface area contributed by atoms with Crippen LogP contribution in [0, 0.1) is 0 Å². The van der Waals surface area contributed by atoms with Crippen LogP contribution < -0.4 is 15.4 Å². The monoisotopic (exact) mass is 1060 g/mol. The molecule has 9 aromatic rings. The zero-order valence-corrected chi connectivity index (χ0v) is 43.5. The highest BCUT2D eigenvalue weighted by atomic mass is 32.2. The molecule has 0 aliphatic carbocycles. The van der Waals surface area contributed by atoms with Gasteiger partial charge in [-0.1, -0.05) is 199 Å². The summed E-state index contributed by atoms with van der Waals surface area (Å²) in [6.07, 6.45) is 0. The van der Waals surface area contributed by atoms with E-state index in [-0.39, 0.29) is 23.7 Å². The Morgan fingerprint density at radius 2 is 1.18 bits per heavy atom. The van der Waals surface area contributed by atoms with E-state index >= 15 is 4.79 Å². The van der Waals surface area contributed by atoms with Gasteiger partial charge >= 0.3 is 5.97 Å². The Morgan fingerprint density at radius 1 is 0.671 bits per heavy atom. The van der Waals surface area contributed by atoms with Crippen molar-refractivity contribution in [1.29, 1.82) is 0 Å². The molecule has 2 atom stereocenters. The summed E-state index contributed by atoms with van der Waals surface area (Å²) in [7, 11) is 1.59. The maximum atomic E-state index is 15.4. The molecule has 11 rings (SSSR count). The number of esters is 1. The number of β-lactam (4-membered cyclic amide) rings is 1. The summed E-state index contributed by atoms with van der Waals surface area (Å²) in [6, 6.07) is 67.8. The Balaban J connectivity index is 0.983. The number of fused-ring (bicyclic) bond motifs is 1. The van der Waals surface area contributed by atoms with Crippen LogP contribution in [0.5, 0.6) is 5.75 Å². The van der Waals surface area contributed by atoms with Gasteiger partial charge in [0.1, 0.15) is 40.7 Å². The SMILES string of the molecule is COc1ccc(COC(=O)C2=C(c3ccsc3)CS[C@@H]3[C@H](NC(=O)/C(=N\OC(c4ccccc4)(c4ccccc4)c4ccccc4)c4csc(NC(c5ccccc5)(c5ccccc5)c5ccccc5)n4)C(=O)N23)cc1. The number of anilines is 1. The Kier molecular flexibility index (Phi) is 14.4. The third-order valence-corrected chi connectivity index (χ3v) is 16.3. The maximum Gasteiger partial charge on any atom is 0.355 e. The topological polar surface area (TPSA) is 131 Å². The molecule has 2 aromatic heterocycles. The fraction of sp³-hybridized carbons (Fsp3) is 0.113. The number of methoxy groups -OCH3 is 1. The quantitative estimate of drug-likeness (QED) is 0.0283. The van der Waals surface area contributed by atoms with Crippen molar-refractivity contribution in [2.75, 3.05) is 18.2 Å². The highest BCUT2D eigenvalue weighted by Crippen LogP contribution is 2.46. The Bertz CT molecular complexity index is 3320. The van der Waals surface area contributed by atoms with Gasteiger partial charge in [-0.05, 0) is 56.8 Å². The van der Waals surface area contributed by atoms with Crippen LogP contribution in [0.4, 0.5) is 5.13 Å². The van der Waals surface area contributed by atoms with Gasteiger partial charge in [-0.15, -0.1) is 23.1 Å². The van der Waals surface area contributed by atoms with Gasteiger partial charge in [0, 0.05) is 33.4 Å². The molecule has 0 spiro atoms. The highest BCUT2D eigenvalue weighted by molar-refractivity contribution is 8.00. The summed E-state index contributed by atoms with van der Waals surface area (Å²) in [4.78, 5) is 57.8. The first-order valence-electron chi connectivity index (χ1n) is 24.5. The van der Waals surface area contributed by atoms with Crippen LogP contribution in [-0.2, 0) is 41.7 Å². The Hall–Kier alpha value is -8.56. The van der Waals surface area contributed by atoms with Crippen LogP contribution in [0.2, 0.25) is 0 Å². The van der Waals surface area contributed by atoms with E-state index in [0.717, 1.165) is 44.5 Å². The minimum absolute atomic E-state index is 0.0207. The van der Waals surface area contributed by atoms with Crippen LogP contribution in [0.25, 0.3) is 5.57 Å². The van der Waals surface area contributed by atoms with Gasteiger partial charge in [0.25, 0.3) is 11.8 Å². The molecule has 2 aliphatic rings. The number of carbonyl (C=O) groups is 3. The molecule has 0 saturated carbocycles. The number of thiazole rings is 1. The first-order valence-corrected chi connectivity index (χ1v) is 27.4. The lowest BCUT2D eigenvalue weighted by Crippen LogP contribution is -2.71. The van der Waals surface area contributed by atoms with Crippen molar-refractivity contribution in [1.82, 2.24) is 15.2 Å². The molecule has 376 valence electrons. The first kappa shape index (κ1) is 49.6. The van der Waals surface area contributed by atoms with Crippen molar-refractivity contribution in [2.45, 2.75) is 29.2 Å². The number of ether oxygens (including phenoxy) is 2. The number of thiophene rings is 1. The average molecular weight is 1060 g/mol. The predicted octanol–water partition coefficient (Wildman–Crippen LogP) is 11.9. The van der Waals surface area contributed by atoms with Crippen molar-refractivity contribution in [3.63, 3.8) is 0 Å². The summed E-state index contributed by atoms with van der Waals surface area (Å²) >= 11 is 4.26. The van der Waals surface area contributed by atoms with Crippen molar-refractivity contribution in [2.24, 2.45) is 5.16 Å². The predicted molar refractivity (Wildman–Crippen MR) is 301 cm³/mol. The third kappa shape index (κ3) is 9.58. The smallest absolute Gasteiger partial charge is 0.355 e. The number of thioether (sulfide) groups is 1. The minimum atomic E-state index is -1.36. The van der Waals surface area contributed by atoms with Crippen molar-refractivity contribution >= 4 is 68.6 Å². The Labute approximate surface area is 452 Å². The van der Waals surface area contributed by atoms with Crippen LogP contribution in [0.3, 0.4) is 0 Å². The molecule has 1 saturated heterocycles. The second-order valence-corrected chi connectivity index (χ2v) is 20.7. The standard InChI is InChI=1S/C62H49N5O6S3/c1-71-50-34-32-42(33-35-50)38-72-59(70)55-51(43-36-37-74-39-43)40-75-58-54(57(69)67(55)58)64-56(68)53(66-73-62(47-26-14-5-15-27-47,48-28-16-6-17-29-48)49-30-18-7-19-31-49)52-41-76-60(63-52)65-61(44-20-8-2-9-21-44,45-22-10-3-11-23-45)46-24-12-4-13-25-46/h2-37,39,41,54,58H,38,40H2,1H3,(H,63,65)(H,64,68)/b66-53-/t54-,58-/m1/s1. The van der Waals surface area contributed by atoms with Gasteiger partial charge in [0.05, 0.1) is 7.11 Å². The van der Waals surface area contributed by atoms with Gasteiger partial charge < -0.3 is 24.9 Å². The first-order chi connectivity index (χ1) is 37.4. The molecule has 1 fully saturated rings. The van der Waals surface area contributed by atoms with Crippen LogP contribution in [-0.4, -0.2) is 57.7 Å². The molecule has 76 heavy (non-hydrogen) atoms. The number of aromatic nitrogens is 1. The van der Waals surface area contributed by atoms with Crippen molar-refractivity contribution < 1.29 is 28.7 Å². The number of amides is 2. The lowest BCUT2D eigenvalue weighted by molar-refractivity contribution is -0.152. The number of nitrogens with one attached hydrogen (secondary N) is 2. The summed E-state index contributed by atoms with van der Waals surface area (Å²) < 4.78 is 11.2. The molecular formula is C62H49N5O6S3. The summed E-state index contributed by atoms with van der Waals surface area (Å²) in [5.74, 6) is -0.753. The van der Waals surface area contributed by atoms with Gasteiger partial charge in [0.2, 0.25) is 5.60 Å². The second kappa shape index (κ2) is 22.1. The zero-order valence-electron chi connectivity index (χ0n) is 41.0. The fourth-order valence-electron chi connectivity index (χ4n) is 9.79. The summed E-state index contributed by atoms with van der Waals surface area (Å²) in [6.45, 7) is -0.0207. The number of oxime groups is 1. The van der Waals surface area contributed by atoms with Gasteiger partial charge in [-0.2, -0.15) is 11.3 Å². The number of carbonyl (C=O) groups excluding carboxylic acids is 3. The largest absolute Gasteiger partial charge is 0.497 e. The molecule has 0 radical (unpaired) electrons. The van der Waals surface area contributed by atoms with E-state index in [1.165, 1.54) is 39.3 Å². The molecule has 2 N–H and O–H groups in total. The van der Waals surface area contributed by atoms with E-state index in [9.17, 15) is 9.59 Å². The van der Waals surface area contributed by atoms with Crippen molar-refractivity contribution in [3.8, 4) is 5.75 Å².